The standard InChI is InChI=1S/C4HF7O3S.Na.H/c5-1(6)2(7,8)4(11,3(1,9)10)15(12,13)14;;/h(H,12,13,14);;. The molecule has 0 spiro atoms. The molecule has 1 fully saturated rings. The molecule has 0 atom stereocenters. The van der Waals surface area contributed by atoms with E-state index < -0.39 is 32.9 Å². The number of halogens is 7. The predicted octanol–water partition coefficient (Wildman–Crippen LogP) is 0.811. The fourth-order valence-electron chi connectivity index (χ4n) is 1.06. The van der Waals surface area contributed by atoms with Crippen molar-refractivity contribution in [1.29, 1.82) is 0 Å². The monoisotopic (exact) mass is 286 g/mol. The molecular formula is C4H2F7NaO3S. The topological polar surface area (TPSA) is 54.4 Å². The van der Waals surface area contributed by atoms with Crippen LogP contribution in [0.15, 0.2) is 0 Å². The van der Waals surface area contributed by atoms with Gasteiger partial charge in [0.25, 0.3) is 0 Å². The molecule has 0 aromatic rings. The second kappa shape index (κ2) is 3.46. The Morgan fingerprint density at radius 2 is 1.00 bits per heavy atom. The van der Waals surface area contributed by atoms with Gasteiger partial charge in [-0.1, -0.05) is 0 Å². The van der Waals surface area contributed by atoms with Gasteiger partial charge in [0.05, 0.1) is 0 Å². The molecule has 0 heterocycles. The molecule has 1 rings (SSSR count). The zero-order valence-corrected chi connectivity index (χ0v) is 7.13. The van der Waals surface area contributed by atoms with E-state index in [0.717, 1.165) is 0 Å². The Hall–Kier alpha value is 0.420. The van der Waals surface area contributed by atoms with E-state index in [1.54, 1.807) is 0 Å². The van der Waals surface area contributed by atoms with Crippen LogP contribution in [0.5, 0.6) is 0 Å². The first-order valence-corrected chi connectivity index (χ1v) is 4.48. The van der Waals surface area contributed by atoms with Crippen molar-refractivity contribution in [2.24, 2.45) is 0 Å². The number of hydrogen-bond donors (Lipinski definition) is 1. The van der Waals surface area contributed by atoms with Crippen molar-refractivity contribution in [3.8, 4) is 0 Å². The van der Waals surface area contributed by atoms with Gasteiger partial charge in [-0.05, 0) is 0 Å². The molecule has 0 aromatic heterocycles. The average Bonchev–Trinajstić information content (AvgIpc) is 1.98. The van der Waals surface area contributed by atoms with Gasteiger partial charge in [-0.2, -0.15) is 34.8 Å². The quantitative estimate of drug-likeness (QED) is 0.441. The SMILES string of the molecule is O=S(=O)(O)C1(F)C(F)(F)C(F)(F)C1(F)F.[NaH]. The Morgan fingerprint density at radius 1 is 0.750 bits per heavy atom. The molecule has 1 N–H and O–H groups in total. The van der Waals surface area contributed by atoms with E-state index in [0.29, 0.717) is 0 Å². The molecule has 16 heavy (non-hydrogen) atoms. The minimum absolute atomic E-state index is 0. The molecule has 0 aromatic carbocycles. The molecule has 0 saturated heterocycles. The van der Waals surface area contributed by atoms with Gasteiger partial charge in [-0.3, -0.25) is 4.55 Å². The number of rotatable bonds is 1. The van der Waals surface area contributed by atoms with Crippen molar-refractivity contribution >= 4 is 39.7 Å². The van der Waals surface area contributed by atoms with Gasteiger partial charge in [0.2, 0.25) is 0 Å². The molecule has 12 heteroatoms. The summed E-state index contributed by atoms with van der Waals surface area (Å²) in [5, 5.41) is -6.00. The molecule has 0 radical (unpaired) electrons. The second-order valence-corrected chi connectivity index (χ2v) is 4.31. The van der Waals surface area contributed by atoms with Gasteiger partial charge in [0.15, 0.2) is 0 Å². The van der Waals surface area contributed by atoms with Crippen LogP contribution in [0.25, 0.3) is 0 Å². The van der Waals surface area contributed by atoms with Crippen molar-refractivity contribution in [1.82, 2.24) is 0 Å². The number of hydrogen-bond acceptors (Lipinski definition) is 2. The van der Waals surface area contributed by atoms with Crippen LogP contribution in [-0.2, 0) is 10.1 Å². The van der Waals surface area contributed by atoms with Crippen molar-refractivity contribution in [2.45, 2.75) is 22.8 Å². The first kappa shape index (κ1) is 16.4. The summed E-state index contributed by atoms with van der Waals surface area (Å²) >= 11 is 0. The third-order valence-corrected chi connectivity index (χ3v) is 3.18. The van der Waals surface area contributed by atoms with Gasteiger partial charge >= 0.3 is 62.4 Å². The Morgan fingerprint density at radius 3 is 1.12 bits per heavy atom. The first-order chi connectivity index (χ1) is 6.25. The van der Waals surface area contributed by atoms with Crippen molar-refractivity contribution in [2.75, 3.05) is 0 Å². The van der Waals surface area contributed by atoms with Gasteiger partial charge in [0.1, 0.15) is 0 Å². The molecule has 92 valence electrons. The normalized spacial score (nSPS) is 28.8. The Labute approximate surface area is 106 Å². The summed E-state index contributed by atoms with van der Waals surface area (Å²) in [6.45, 7) is 0. The van der Waals surface area contributed by atoms with Crippen molar-refractivity contribution in [3.05, 3.63) is 0 Å². The molecule has 0 aliphatic heterocycles. The second-order valence-electron chi connectivity index (χ2n) is 2.79. The van der Waals surface area contributed by atoms with Crippen LogP contribution in [0.2, 0.25) is 0 Å². The van der Waals surface area contributed by atoms with Gasteiger partial charge in [0, 0.05) is 0 Å². The third-order valence-electron chi connectivity index (χ3n) is 1.95. The maximum atomic E-state index is 12.6. The first-order valence-electron chi connectivity index (χ1n) is 3.04. The van der Waals surface area contributed by atoms with Crippen LogP contribution >= 0.6 is 0 Å². The summed E-state index contributed by atoms with van der Waals surface area (Å²) in [5.74, 6) is -18.6. The van der Waals surface area contributed by atoms with Crippen LogP contribution in [-0.4, -0.2) is 65.3 Å². The van der Waals surface area contributed by atoms with E-state index >= 15 is 0 Å². The summed E-state index contributed by atoms with van der Waals surface area (Å²) in [7, 11) is -6.70. The Balaban J connectivity index is 0.00000225. The molecule has 1 aliphatic rings. The molecule has 0 amide bonds. The minimum atomic E-state index is -6.70. The van der Waals surface area contributed by atoms with Crippen molar-refractivity contribution in [3.63, 3.8) is 0 Å². The predicted molar refractivity (Wildman–Crippen MR) is 37.4 cm³/mol. The average molecular weight is 286 g/mol. The van der Waals surface area contributed by atoms with Crippen LogP contribution < -0.4 is 0 Å². The summed E-state index contributed by atoms with van der Waals surface area (Å²) in [5.41, 5.74) is 0. The van der Waals surface area contributed by atoms with E-state index in [2.05, 4.69) is 0 Å². The van der Waals surface area contributed by atoms with Crippen LogP contribution in [0, 0.1) is 0 Å². The van der Waals surface area contributed by atoms with Crippen LogP contribution in [0.3, 0.4) is 0 Å². The molecule has 1 saturated carbocycles. The summed E-state index contributed by atoms with van der Waals surface area (Å²) < 4.78 is 113. The molecule has 1 aliphatic carbocycles. The van der Waals surface area contributed by atoms with Crippen LogP contribution in [0.4, 0.5) is 30.7 Å². The van der Waals surface area contributed by atoms with E-state index in [4.69, 9.17) is 4.55 Å². The number of alkyl halides is 7. The van der Waals surface area contributed by atoms with Gasteiger partial charge in [-0.15, -0.1) is 0 Å². The Bertz CT molecular complexity index is 386. The molecular weight excluding hydrogens is 284 g/mol. The van der Waals surface area contributed by atoms with E-state index in [1.165, 1.54) is 0 Å². The van der Waals surface area contributed by atoms with Crippen molar-refractivity contribution < 1.29 is 43.7 Å². The van der Waals surface area contributed by atoms with Gasteiger partial charge in [-0.25, -0.2) is 4.39 Å². The summed E-state index contributed by atoms with van der Waals surface area (Å²) in [4.78, 5) is 0. The van der Waals surface area contributed by atoms with E-state index in [1.807, 2.05) is 0 Å². The van der Waals surface area contributed by atoms with Gasteiger partial charge < -0.3 is 0 Å². The molecule has 0 unspecified atom stereocenters. The van der Waals surface area contributed by atoms with E-state index in [9.17, 15) is 39.2 Å². The maximum absolute atomic E-state index is 12.6. The fourth-order valence-corrected chi connectivity index (χ4v) is 1.96. The van der Waals surface area contributed by atoms with E-state index in [-0.39, 0.29) is 29.6 Å². The zero-order valence-electron chi connectivity index (χ0n) is 6.32. The summed E-state index contributed by atoms with van der Waals surface area (Å²) in [6, 6.07) is 0. The molecule has 0 bridgehead atoms. The fraction of sp³-hybridized carbons (Fsp3) is 1.00. The van der Waals surface area contributed by atoms with Crippen LogP contribution in [0.1, 0.15) is 0 Å². The third kappa shape index (κ3) is 1.26. The Kier molecular flexibility index (Phi) is 3.56. The summed E-state index contributed by atoms with van der Waals surface area (Å²) in [6.07, 6.45) is 0. The molecule has 3 nitrogen and oxygen atoms in total. The zero-order chi connectivity index (χ0) is 12.5.